The molecule has 0 saturated carbocycles. The second kappa shape index (κ2) is 9.06. The van der Waals surface area contributed by atoms with Crippen LogP contribution in [0.4, 0.5) is 22.9 Å². The molecule has 0 aliphatic rings. The number of nitrogens with one attached hydrogen (secondary N) is 3. The highest BCUT2D eigenvalue weighted by molar-refractivity contribution is 9.10. The number of fused-ring (bicyclic) bond motifs is 1. The lowest BCUT2D eigenvalue weighted by Gasteiger charge is -2.13. The molecule has 0 radical (unpaired) electrons. The van der Waals surface area contributed by atoms with Crippen LogP contribution in [0.25, 0.3) is 10.8 Å². The molecule has 0 aliphatic heterocycles. The zero-order chi connectivity index (χ0) is 20.9. The van der Waals surface area contributed by atoms with Crippen LogP contribution in [-0.2, 0) is 0 Å². The summed E-state index contributed by atoms with van der Waals surface area (Å²) in [4.78, 5) is 0. The fraction of sp³-hybridized carbons (Fsp3) is 0.0455. The Hall–Kier alpha value is -3.23. The zero-order valence-electron chi connectivity index (χ0n) is 16.0. The van der Waals surface area contributed by atoms with Gasteiger partial charge in [0, 0.05) is 32.3 Å². The molecule has 0 fully saturated rings. The van der Waals surface area contributed by atoms with Crippen LogP contribution in [0.3, 0.4) is 0 Å². The smallest absolute Gasteiger partial charge is 0.175 e. The van der Waals surface area contributed by atoms with Crippen molar-refractivity contribution in [1.82, 2.24) is 10.2 Å². The molecule has 1 aromatic heterocycles. The van der Waals surface area contributed by atoms with Gasteiger partial charge in [-0.15, -0.1) is 5.10 Å². The van der Waals surface area contributed by atoms with Gasteiger partial charge in [-0.3, -0.25) is 0 Å². The van der Waals surface area contributed by atoms with Crippen molar-refractivity contribution < 1.29 is 4.74 Å². The largest absolute Gasteiger partial charge is 0.497 e. The standard InChI is InChI=1S/C22H18BrN5OS/c1-29-19-10-8-16(9-11-19)25-21-20-12-18(5-2-14(20)13-24-28-21)27-22(30)26-17-6-3-15(23)4-7-17/h2-13H,1H3,(H,25,28)(H2,26,27,30). The summed E-state index contributed by atoms with van der Waals surface area (Å²) in [6.45, 7) is 0. The minimum absolute atomic E-state index is 0.503. The first-order valence-electron chi connectivity index (χ1n) is 9.11. The van der Waals surface area contributed by atoms with Gasteiger partial charge in [0.15, 0.2) is 10.9 Å². The number of aromatic nitrogens is 2. The molecule has 0 spiro atoms. The van der Waals surface area contributed by atoms with E-state index in [1.165, 1.54) is 0 Å². The third kappa shape index (κ3) is 4.84. The van der Waals surface area contributed by atoms with Crippen LogP contribution in [0, 0.1) is 0 Å². The predicted molar refractivity (Wildman–Crippen MR) is 130 cm³/mol. The van der Waals surface area contributed by atoms with Gasteiger partial charge >= 0.3 is 0 Å². The Balaban J connectivity index is 1.54. The Morgan fingerprint density at radius 3 is 2.30 bits per heavy atom. The number of methoxy groups -OCH3 is 1. The summed E-state index contributed by atoms with van der Waals surface area (Å²) >= 11 is 8.87. The molecule has 0 aliphatic carbocycles. The van der Waals surface area contributed by atoms with E-state index in [1.54, 1.807) is 13.3 Å². The van der Waals surface area contributed by atoms with Crippen LogP contribution < -0.4 is 20.7 Å². The van der Waals surface area contributed by atoms with Crippen molar-refractivity contribution in [3.63, 3.8) is 0 Å². The second-order valence-electron chi connectivity index (χ2n) is 6.43. The number of nitrogens with zero attached hydrogens (tertiary/aromatic N) is 2. The van der Waals surface area contributed by atoms with Crippen LogP contribution in [0.2, 0.25) is 0 Å². The summed E-state index contributed by atoms with van der Waals surface area (Å²) < 4.78 is 6.22. The molecule has 0 saturated heterocycles. The van der Waals surface area contributed by atoms with Gasteiger partial charge in [0.1, 0.15) is 5.75 Å². The first-order chi connectivity index (χ1) is 14.6. The second-order valence-corrected chi connectivity index (χ2v) is 7.76. The average Bonchev–Trinajstić information content (AvgIpc) is 2.76. The Morgan fingerprint density at radius 2 is 1.57 bits per heavy atom. The fourth-order valence-corrected chi connectivity index (χ4v) is 3.38. The Morgan fingerprint density at radius 1 is 0.900 bits per heavy atom. The zero-order valence-corrected chi connectivity index (χ0v) is 18.4. The number of ether oxygens (including phenoxy) is 1. The summed E-state index contributed by atoms with van der Waals surface area (Å²) in [6.07, 6.45) is 1.73. The molecular formula is C22H18BrN5OS. The van der Waals surface area contributed by atoms with Gasteiger partial charge in [-0.2, -0.15) is 5.10 Å². The summed E-state index contributed by atoms with van der Waals surface area (Å²) in [5, 5.41) is 20.5. The van der Waals surface area contributed by atoms with Crippen LogP contribution in [0.15, 0.2) is 77.4 Å². The maximum absolute atomic E-state index is 5.45. The van der Waals surface area contributed by atoms with Crippen molar-refractivity contribution in [2.75, 3.05) is 23.1 Å². The maximum Gasteiger partial charge on any atom is 0.175 e. The number of halogens is 1. The van der Waals surface area contributed by atoms with E-state index < -0.39 is 0 Å². The van der Waals surface area contributed by atoms with Gasteiger partial charge < -0.3 is 20.7 Å². The molecule has 4 rings (SSSR count). The number of hydrogen-bond acceptors (Lipinski definition) is 5. The van der Waals surface area contributed by atoms with Crippen molar-refractivity contribution >= 4 is 66.9 Å². The molecule has 8 heteroatoms. The van der Waals surface area contributed by atoms with Crippen molar-refractivity contribution in [2.24, 2.45) is 0 Å². The van der Waals surface area contributed by atoms with E-state index in [9.17, 15) is 0 Å². The number of benzene rings is 3. The first-order valence-corrected chi connectivity index (χ1v) is 10.3. The van der Waals surface area contributed by atoms with E-state index in [0.717, 1.165) is 38.1 Å². The normalized spacial score (nSPS) is 10.5. The van der Waals surface area contributed by atoms with E-state index >= 15 is 0 Å². The average molecular weight is 480 g/mol. The van der Waals surface area contributed by atoms with Crippen LogP contribution in [0.1, 0.15) is 0 Å². The van der Waals surface area contributed by atoms with E-state index in [4.69, 9.17) is 17.0 Å². The van der Waals surface area contributed by atoms with Gasteiger partial charge in [-0.05, 0) is 72.9 Å². The highest BCUT2D eigenvalue weighted by atomic mass is 79.9. The number of rotatable bonds is 5. The molecule has 0 bridgehead atoms. The van der Waals surface area contributed by atoms with Crippen molar-refractivity contribution in [3.05, 3.63) is 77.4 Å². The molecule has 0 amide bonds. The molecule has 3 aromatic carbocycles. The van der Waals surface area contributed by atoms with Crippen molar-refractivity contribution in [3.8, 4) is 5.75 Å². The molecule has 6 nitrogen and oxygen atoms in total. The lowest BCUT2D eigenvalue weighted by molar-refractivity contribution is 0.415. The monoisotopic (exact) mass is 479 g/mol. The van der Waals surface area contributed by atoms with Gasteiger partial charge in [0.25, 0.3) is 0 Å². The maximum atomic E-state index is 5.45. The molecule has 1 heterocycles. The minimum atomic E-state index is 0.503. The summed E-state index contributed by atoms with van der Waals surface area (Å²) in [7, 11) is 1.64. The van der Waals surface area contributed by atoms with Gasteiger partial charge in [-0.1, -0.05) is 22.0 Å². The Labute approximate surface area is 187 Å². The fourth-order valence-electron chi connectivity index (χ4n) is 2.88. The molecule has 0 unspecified atom stereocenters. The Bertz CT molecular complexity index is 1180. The quantitative estimate of drug-likeness (QED) is 0.305. The number of thiocarbonyl (C=S) groups is 1. The molecule has 0 atom stereocenters. The predicted octanol–water partition coefficient (Wildman–Crippen LogP) is 5.95. The SMILES string of the molecule is COc1ccc(Nc2nncc3ccc(NC(=S)Nc4ccc(Br)cc4)cc23)cc1. The topological polar surface area (TPSA) is 71.1 Å². The van der Waals surface area contributed by atoms with E-state index in [2.05, 4.69) is 42.1 Å². The van der Waals surface area contributed by atoms with E-state index in [0.29, 0.717) is 10.9 Å². The number of anilines is 4. The minimum Gasteiger partial charge on any atom is -0.497 e. The van der Waals surface area contributed by atoms with Gasteiger partial charge in [-0.25, -0.2) is 0 Å². The Kier molecular flexibility index (Phi) is 6.06. The van der Waals surface area contributed by atoms with E-state index in [1.807, 2.05) is 66.7 Å². The lowest BCUT2D eigenvalue weighted by atomic mass is 10.1. The first kappa shape index (κ1) is 20.1. The third-order valence-electron chi connectivity index (χ3n) is 4.38. The molecule has 4 aromatic rings. The summed E-state index contributed by atoms with van der Waals surface area (Å²) in [5.74, 6) is 1.45. The van der Waals surface area contributed by atoms with Gasteiger partial charge in [0.2, 0.25) is 0 Å². The highest BCUT2D eigenvalue weighted by Crippen LogP contribution is 2.27. The molecular weight excluding hydrogens is 462 g/mol. The molecule has 30 heavy (non-hydrogen) atoms. The van der Waals surface area contributed by atoms with Gasteiger partial charge in [0.05, 0.1) is 13.3 Å². The summed E-state index contributed by atoms with van der Waals surface area (Å²) in [6, 6.07) is 21.4. The van der Waals surface area contributed by atoms with Crippen LogP contribution in [-0.4, -0.2) is 22.4 Å². The highest BCUT2D eigenvalue weighted by Gasteiger charge is 2.07. The van der Waals surface area contributed by atoms with Crippen molar-refractivity contribution in [1.29, 1.82) is 0 Å². The molecule has 3 N–H and O–H groups in total. The van der Waals surface area contributed by atoms with Crippen LogP contribution in [0.5, 0.6) is 5.75 Å². The number of hydrogen-bond donors (Lipinski definition) is 3. The summed E-state index contributed by atoms with van der Waals surface area (Å²) in [5.41, 5.74) is 2.65. The molecule has 150 valence electrons. The van der Waals surface area contributed by atoms with Crippen LogP contribution >= 0.6 is 28.1 Å². The third-order valence-corrected chi connectivity index (χ3v) is 5.11. The lowest BCUT2D eigenvalue weighted by Crippen LogP contribution is -2.18. The van der Waals surface area contributed by atoms with Crippen molar-refractivity contribution in [2.45, 2.75) is 0 Å². The van der Waals surface area contributed by atoms with E-state index in [-0.39, 0.29) is 0 Å².